The van der Waals surface area contributed by atoms with E-state index < -0.39 is 0 Å². The van der Waals surface area contributed by atoms with Crippen LogP contribution in [0.25, 0.3) is 0 Å². The minimum absolute atomic E-state index is 0.386. The Morgan fingerprint density at radius 2 is 1.88 bits per heavy atom. The largest absolute Gasteiger partial charge is 0.490 e. The van der Waals surface area contributed by atoms with Crippen molar-refractivity contribution >= 4 is 5.69 Å². The molecule has 1 aromatic carbocycles. The fourth-order valence-electron chi connectivity index (χ4n) is 2.29. The Labute approximate surface area is 103 Å². The third-order valence-electron chi connectivity index (χ3n) is 3.55. The van der Waals surface area contributed by atoms with Gasteiger partial charge in [0.05, 0.1) is 6.10 Å². The Balaban J connectivity index is 1.68. The Morgan fingerprint density at radius 3 is 2.59 bits per heavy atom. The van der Waals surface area contributed by atoms with E-state index in [1.807, 2.05) is 0 Å². The molecule has 1 heterocycles. The smallest absolute Gasteiger partial charge is 0.121 e. The van der Waals surface area contributed by atoms with Gasteiger partial charge in [-0.2, -0.15) is 0 Å². The minimum Gasteiger partial charge on any atom is -0.490 e. The van der Waals surface area contributed by atoms with Crippen molar-refractivity contribution < 1.29 is 4.74 Å². The highest BCUT2D eigenvalue weighted by atomic mass is 16.5. The molecule has 1 saturated carbocycles. The number of piperidine rings is 1. The Bertz CT molecular complexity index is 382. The van der Waals surface area contributed by atoms with E-state index in [1.165, 1.54) is 18.5 Å². The molecule has 3 rings (SSSR count). The van der Waals surface area contributed by atoms with E-state index in [1.54, 1.807) is 0 Å². The van der Waals surface area contributed by atoms with E-state index in [2.05, 4.69) is 29.2 Å². The number of nitrogens with zero attached hydrogens (tertiary/aromatic N) is 1. The van der Waals surface area contributed by atoms with Crippen molar-refractivity contribution in [3.63, 3.8) is 0 Å². The average molecular weight is 232 g/mol. The Kier molecular flexibility index (Phi) is 2.93. The Hall–Kier alpha value is -1.22. The molecule has 1 aromatic rings. The van der Waals surface area contributed by atoms with Crippen molar-refractivity contribution in [2.24, 2.45) is 5.73 Å². The molecule has 17 heavy (non-hydrogen) atoms. The van der Waals surface area contributed by atoms with Crippen LogP contribution in [0, 0.1) is 0 Å². The first kappa shape index (κ1) is 10.9. The number of rotatable bonds is 3. The number of benzene rings is 1. The molecule has 0 spiro atoms. The second-order valence-corrected chi connectivity index (χ2v) is 5.14. The van der Waals surface area contributed by atoms with Crippen LogP contribution in [0.5, 0.6) is 5.75 Å². The molecule has 3 nitrogen and oxygen atoms in total. The second kappa shape index (κ2) is 4.57. The molecule has 0 unspecified atom stereocenters. The van der Waals surface area contributed by atoms with Crippen LogP contribution >= 0.6 is 0 Å². The van der Waals surface area contributed by atoms with Gasteiger partial charge in [0.25, 0.3) is 0 Å². The topological polar surface area (TPSA) is 38.5 Å². The molecule has 1 saturated heterocycles. The van der Waals surface area contributed by atoms with E-state index in [-0.39, 0.29) is 0 Å². The normalized spacial score (nSPS) is 21.6. The number of hydrogen-bond acceptors (Lipinski definition) is 3. The van der Waals surface area contributed by atoms with E-state index in [4.69, 9.17) is 10.5 Å². The summed E-state index contributed by atoms with van der Waals surface area (Å²) in [6, 6.07) is 8.85. The van der Waals surface area contributed by atoms with E-state index in [9.17, 15) is 0 Å². The first-order valence-electron chi connectivity index (χ1n) is 6.58. The quantitative estimate of drug-likeness (QED) is 0.868. The number of hydrogen-bond donors (Lipinski definition) is 1. The van der Waals surface area contributed by atoms with Crippen LogP contribution in [-0.4, -0.2) is 25.2 Å². The predicted molar refractivity (Wildman–Crippen MR) is 69.5 cm³/mol. The summed E-state index contributed by atoms with van der Waals surface area (Å²) in [5.41, 5.74) is 7.20. The van der Waals surface area contributed by atoms with Gasteiger partial charge in [-0.1, -0.05) is 6.07 Å². The van der Waals surface area contributed by atoms with Crippen molar-refractivity contribution in [1.29, 1.82) is 0 Å². The molecule has 0 amide bonds. The molecule has 2 fully saturated rings. The van der Waals surface area contributed by atoms with Gasteiger partial charge in [0.15, 0.2) is 0 Å². The monoisotopic (exact) mass is 232 g/mol. The van der Waals surface area contributed by atoms with Gasteiger partial charge in [0.2, 0.25) is 0 Å². The lowest BCUT2D eigenvalue weighted by Crippen LogP contribution is -2.39. The predicted octanol–water partition coefficient (Wildman–Crippen LogP) is 2.16. The molecule has 1 aliphatic carbocycles. The lowest BCUT2D eigenvalue weighted by molar-refractivity contribution is 0.303. The van der Waals surface area contributed by atoms with Gasteiger partial charge in [-0.05, 0) is 37.8 Å². The molecular weight excluding hydrogens is 212 g/mol. The maximum absolute atomic E-state index is 5.93. The van der Waals surface area contributed by atoms with Gasteiger partial charge in [-0.3, -0.25) is 0 Å². The zero-order chi connectivity index (χ0) is 11.7. The van der Waals surface area contributed by atoms with Crippen LogP contribution in [0.2, 0.25) is 0 Å². The molecule has 2 N–H and O–H groups in total. The van der Waals surface area contributed by atoms with Gasteiger partial charge in [0, 0.05) is 30.9 Å². The third-order valence-corrected chi connectivity index (χ3v) is 3.55. The summed E-state index contributed by atoms with van der Waals surface area (Å²) in [6.45, 7) is 2.13. The number of nitrogens with two attached hydrogens (primary N) is 1. The van der Waals surface area contributed by atoms with Crippen LogP contribution in [0.15, 0.2) is 24.3 Å². The van der Waals surface area contributed by atoms with Crippen LogP contribution in [0.1, 0.15) is 25.7 Å². The summed E-state index contributed by atoms with van der Waals surface area (Å²) in [5, 5.41) is 0. The summed E-state index contributed by atoms with van der Waals surface area (Å²) in [5.74, 6) is 1.01. The first-order valence-corrected chi connectivity index (χ1v) is 6.58. The van der Waals surface area contributed by atoms with Gasteiger partial charge >= 0.3 is 0 Å². The lowest BCUT2D eigenvalue weighted by atomic mass is 10.1. The van der Waals surface area contributed by atoms with Gasteiger partial charge in [-0.15, -0.1) is 0 Å². The summed E-state index contributed by atoms with van der Waals surface area (Å²) >= 11 is 0. The number of ether oxygens (including phenoxy) is 1. The summed E-state index contributed by atoms with van der Waals surface area (Å²) in [7, 11) is 0. The fourth-order valence-corrected chi connectivity index (χ4v) is 2.29. The molecule has 0 atom stereocenters. The highest BCUT2D eigenvalue weighted by Gasteiger charge is 2.24. The second-order valence-electron chi connectivity index (χ2n) is 5.14. The van der Waals surface area contributed by atoms with Crippen LogP contribution in [-0.2, 0) is 0 Å². The van der Waals surface area contributed by atoms with Crippen LogP contribution < -0.4 is 15.4 Å². The highest BCUT2D eigenvalue weighted by molar-refractivity contribution is 5.51. The minimum atomic E-state index is 0.386. The summed E-state index contributed by atoms with van der Waals surface area (Å²) in [6.07, 6.45) is 5.08. The fraction of sp³-hybridized carbons (Fsp3) is 0.571. The van der Waals surface area contributed by atoms with E-state index in [0.717, 1.165) is 31.7 Å². The molecule has 1 aliphatic heterocycles. The van der Waals surface area contributed by atoms with Crippen molar-refractivity contribution in [1.82, 2.24) is 0 Å². The van der Waals surface area contributed by atoms with Crippen molar-refractivity contribution in [2.75, 3.05) is 18.0 Å². The van der Waals surface area contributed by atoms with Crippen LogP contribution in [0.4, 0.5) is 5.69 Å². The van der Waals surface area contributed by atoms with Crippen LogP contribution in [0.3, 0.4) is 0 Å². The van der Waals surface area contributed by atoms with Crippen molar-refractivity contribution in [3.8, 4) is 5.75 Å². The Morgan fingerprint density at radius 1 is 1.12 bits per heavy atom. The zero-order valence-electron chi connectivity index (χ0n) is 10.1. The summed E-state index contributed by atoms with van der Waals surface area (Å²) < 4.78 is 5.83. The van der Waals surface area contributed by atoms with Gasteiger partial charge < -0.3 is 15.4 Å². The van der Waals surface area contributed by atoms with Crippen molar-refractivity contribution in [2.45, 2.75) is 37.8 Å². The lowest BCUT2D eigenvalue weighted by Gasteiger charge is -2.32. The average Bonchev–Trinajstić information content (AvgIpc) is 3.14. The third kappa shape index (κ3) is 2.72. The molecular formula is C14H20N2O. The van der Waals surface area contributed by atoms with Gasteiger partial charge in [0.1, 0.15) is 5.75 Å². The molecule has 0 radical (unpaired) electrons. The first-order chi connectivity index (χ1) is 8.31. The highest BCUT2D eigenvalue weighted by Crippen LogP contribution is 2.29. The maximum atomic E-state index is 5.93. The molecule has 92 valence electrons. The molecule has 2 aliphatic rings. The molecule has 0 aromatic heterocycles. The molecule has 0 bridgehead atoms. The number of anilines is 1. The summed E-state index contributed by atoms with van der Waals surface area (Å²) in [4.78, 5) is 2.41. The standard InChI is InChI=1S/C14H20N2O/c15-11-6-8-16(9-7-11)12-2-1-3-14(10-12)17-13-4-5-13/h1-3,10-11,13H,4-9,15H2. The zero-order valence-corrected chi connectivity index (χ0v) is 10.1. The van der Waals surface area contributed by atoms with E-state index in [0.29, 0.717) is 12.1 Å². The maximum Gasteiger partial charge on any atom is 0.121 e. The van der Waals surface area contributed by atoms with Crippen molar-refractivity contribution in [3.05, 3.63) is 24.3 Å². The SMILES string of the molecule is NC1CCN(c2cccc(OC3CC3)c2)CC1. The van der Waals surface area contributed by atoms with E-state index >= 15 is 0 Å². The molecule has 3 heteroatoms. The van der Waals surface area contributed by atoms with Gasteiger partial charge in [-0.25, -0.2) is 0 Å².